The van der Waals surface area contributed by atoms with Crippen LogP contribution in [0.4, 0.5) is 0 Å². The van der Waals surface area contributed by atoms with Crippen LogP contribution in [0.1, 0.15) is 5.56 Å². The summed E-state index contributed by atoms with van der Waals surface area (Å²) in [5, 5.41) is 6.51. The van der Waals surface area contributed by atoms with E-state index < -0.39 is 5.12 Å². The molecule has 0 saturated carbocycles. The molecule has 0 fully saturated rings. The second-order valence-electron chi connectivity index (χ2n) is 2.48. The molecule has 65 valence electrons. The zero-order valence-corrected chi connectivity index (χ0v) is 7.92. The molecule has 0 amide bonds. The Bertz CT molecular complexity index is 375. The van der Waals surface area contributed by atoms with Crippen molar-refractivity contribution in [2.45, 2.75) is 5.12 Å². The monoisotopic (exact) mass is 212 g/mol. The first-order valence-corrected chi connectivity index (χ1v) is 4.31. The summed E-state index contributed by atoms with van der Waals surface area (Å²) in [6.07, 6.45) is 2.33. The lowest BCUT2D eigenvalue weighted by molar-refractivity contribution is 0.681. The molecule has 1 unspecified atom stereocenters. The van der Waals surface area contributed by atoms with Crippen molar-refractivity contribution in [2.24, 2.45) is 15.2 Å². The third kappa shape index (κ3) is 1.45. The Labute approximate surface area is 85.1 Å². The highest BCUT2D eigenvalue weighted by molar-refractivity contribution is 6.33. The average Bonchev–Trinajstić information content (AvgIpc) is 2.54. The van der Waals surface area contributed by atoms with Gasteiger partial charge in [0.2, 0.25) is 6.34 Å². The van der Waals surface area contributed by atoms with Crippen LogP contribution in [0, 0.1) is 0 Å². The molecule has 1 heterocycles. The lowest BCUT2D eigenvalue weighted by atomic mass is 10.2. The summed E-state index contributed by atoms with van der Waals surface area (Å²) in [6.45, 7) is 0. The fourth-order valence-electron chi connectivity index (χ4n) is 1.03. The Morgan fingerprint density at radius 3 is 2.69 bits per heavy atom. The number of rotatable bonds is 1. The number of benzene rings is 1. The van der Waals surface area contributed by atoms with Crippen molar-refractivity contribution in [3.8, 4) is 0 Å². The van der Waals surface area contributed by atoms with Crippen LogP contribution in [0.25, 0.3) is 0 Å². The Hall–Kier alpha value is -0.930. The highest BCUT2D eigenvalue weighted by atomic mass is 35.5. The maximum Gasteiger partial charge on any atom is 0.274 e. The molecule has 0 saturated heterocycles. The zero-order chi connectivity index (χ0) is 9.31. The molecule has 1 aliphatic rings. The molecule has 2 rings (SSSR count). The molecule has 3 nitrogen and oxygen atoms in total. The van der Waals surface area contributed by atoms with Gasteiger partial charge in [0.25, 0.3) is 5.12 Å². The zero-order valence-electron chi connectivity index (χ0n) is 6.41. The van der Waals surface area contributed by atoms with Gasteiger partial charge in [-0.05, 0) is 6.07 Å². The number of hydrogen-bond acceptors (Lipinski definition) is 3. The first-order chi connectivity index (χ1) is 6.22. The smallest absolute Gasteiger partial charge is 0.210 e. The Morgan fingerprint density at radius 2 is 2.08 bits per heavy atom. The van der Waals surface area contributed by atoms with E-state index in [-0.39, 0.29) is 0 Å². The van der Waals surface area contributed by atoms with Crippen molar-refractivity contribution >= 4 is 29.5 Å². The van der Waals surface area contributed by atoms with Crippen LogP contribution in [-0.4, -0.2) is 6.34 Å². The van der Waals surface area contributed by atoms with Crippen LogP contribution < -0.4 is 0 Å². The SMILES string of the molecule is Clc1ccccc1C1(Cl)N=[C]N=N1. The van der Waals surface area contributed by atoms with Crippen LogP contribution in [0.15, 0.2) is 39.5 Å². The van der Waals surface area contributed by atoms with Gasteiger partial charge in [0.1, 0.15) is 0 Å². The summed E-state index contributed by atoms with van der Waals surface area (Å²) in [4.78, 5) is 3.80. The fraction of sp³-hybridized carbons (Fsp3) is 0.125. The number of alkyl halides is 1. The molecule has 0 spiro atoms. The van der Waals surface area contributed by atoms with Crippen molar-refractivity contribution in [2.75, 3.05) is 0 Å². The maximum absolute atomic E-state index is 6.03. The van der Waals surface area contributed by atoms with Crippen molar-refractivity contribution in [1.29, 1.82) is 0 Å². The van der Waals surface area contributed by atoms with Gasteiger partial charge in [-0.15, -0.1) is 10.2 Å². The first kappa shape index (κ1) is 8.66. The third-order valence-corrected chi connectivity index (χ3v) is 2.34. The third-order valence-electron chi connectivity index (χ3n) is 1.64. The van der Waals surface area contributed by atoms with E-state index in [0.717, 1.165) is 0 Å². The lowest BCUT2D eigenvalue weighted by Gasteiger charge is -2.13. The van der Waals surface area contributed by atoms with Gasteiger partial charge in [-0.3, -0.25) is 0 Å². The number of azo groups is 1. The van der Waals surface area contributed by atoms with Crippen LogP contribution in [0.2, 0.25) is 5.02 Å². The largest absolute Gasteiger partial charge is 0.274 e. The molecule has 1 aromatic rings. The van der Waals surface area contributed by atoms with Gasteiger partial charge in [0.15, 0.2) is 0 Å². The van der Waals surface area contributed by atoms with Crippen molar-refractivity contribution in [3.63, 3.8) is 0 Å². The molecule has 1 radical (unpaired) electrons. The fourth-order valence-corrected chi connectivity index (χ4v) is 1.59. The molecule has 0 aliphatic carbocycles. The quantitative estimate of drug-likeness (QED) is 0.507. The maximum atomic E-state index is 6.03. The van der Waals surface area contributed by atoms with E-state index in [1.165, 1.54) is 0 Å². The second kappa shape index (κ2) is 3.09. The molecule has 0 aromatic heterocycles. The lowest BCUT2D eigenvalue weighted by Crippen LogP contribution is -2.09. The molecular formula is C8H4Cl2N3. The summed E-state index contributed by atoms with van der Waals surface area (Å²) >= 11 is 11.9. The summed E-state index contributed by atoms with van der Waals surface area (Å²) < 4.78 is 0. The van der Waals surface area contributed by atoms with E-state index in [2.05, 4.69) is 21.6 Å². The molecular weight excluding hydrogens is 209 g/mol. The van der Waals surface area contributed by atoms with Crippen LogP contribution >= 0.6 is 23.2 Å². The molecule has 13 heavy (non-hydrogen) atoms. The minimum atomic E-state index is -1.21. The molecule has 1 aromatic carbocycles. The van der Waals surface area contributed by atoms with Gasteiger partial charge in [-0.2, -0.15) is 0 Å². The van der Waals surface area contributed by atoms with Crippen molar-refractivity contribution < 1.29 is 0 Å². The molecule has 1 aliphatic heterocycles. The summed E-state index contributed by atoms with van der Waals surface area (Å²) in [7, 11) is 0. The van der Waals surface area contributed by atoms with Crippen molar-refractivity contribution in [3.05, 3.63) is 34.9 Å². The topological polar surface area (TPSA) is 37.1 Å². The van der Waals surface area contributed by atoms with E-state index >= 15 is 0 Å². The van der Waals surface area contributed by atoms with E-state index in [4.69, 9.17) is 23.2 Å². The minimum absolute atomic E-state index is 0.518. The Balaban J connectivity index is 2.52. The van der Waals surface area contributed by atoms with Gasteiger partial charge < -0.3 is 0 Å². The van der Waals surface area contributed by atoms with E-state index in [0.29, 0.717) is 10.6 Å². The van der Waals surface area contributed by atoms with Gasteiger partial charge in [0, 0.05) is 10.6 Å². The van der Waals surface area contributed by atoms with Crippen LogP contribution in [0.3, 0.4) is 0 Å². The van der Waals surface area contributed by atoms with E-state index in [9.17, 15) is 0 Å². The highest BCUT2D eigenvalue weighted by Gasteiger charge is 2.32. The first-order valence-electron chi connectivity index (χ1n) is 3.55. The molecule has 0 N–H and O–H groups in total. The minimum Gasteiger partial charge on any atom is -0.210 e. The predicted octanol–water partition coefficient (Wildman–Crippen LogP) is 3.06. The Morgan fingerprint density at radius 1 is 1.31 bits per heavy atom. The average molecular weight is 213 g/mol. The van der Waals surface area contributed by atoms with Gasteiger partial charge in [0.05, 0.1) is 0 Å². The van der Waals surface area contributed by atoms with Gasteiger partial charge >= 0.3 is 0 Å². The highest BCUT2D eigenvalue weighted by Crippen LogP contribution is 2.38. The normalized spacial score (nSPS) is 25.4. The van der Waals surface area contributed by atoms with E-state index in [1.807, 2.05) is 12.1 Å². The second-order valence-corrected chi connectivity index (χ2v) is 3.41. The van der Waals surface area contributed by atoms with Crippen LogP contribution in [-0.2, 0) is 5.12 Å². The molecule has 1 atom stereocenters. The summed E-state index contributed by atoms with van der Waals surface area (Å²) in [6, 6.07) is 7.11. The van der Waals surface area contributed by atoms with Gasteiger partial charge in [-0.25, -0.2) is 4.99 Å². The molecule has 5 heteroatoms. The Kier molecular flexibility index (Phi) is 2.06. The summed E-state index contributed by atoms with van der Waals surface area (Å²) in [5.41, 5.74) is 0.618. The standard InChI is InChI=1S/C8H4Cl2N3/c9-7-4-2-1-3-6(7)8(10)11-5-12-13-8/h1-4H. The number of halogens is 2. The van der Waals surface area contributed by atoms with Crippen LogP contribution in [0.5, 0.6) is 0 Å². The predicted molar refractivity (Wildman–Crippen MR) is 51.3 cm³/mol. The van der Waals surface area contributed by atoms with Crippen molar-refractivity contribution in [1.82, 2.24) is 0 Å². The number of nitrogens with zero attached hydrogens (tertiary/aromatic N) is 3. The molecule has 0 bridgehead atoms. The summed E-state index contributed by atoms with van der Waals surface area (Å²) in [5.74, 6) is 0. The van der Waals surface area contributed by atoms with Gasteiger partial charge in [-0.1, -0.05) is 41.4 Å². The van der Waals surface area contributed by atoms with E-state index in [1.54, 1.807) is 12.1 Å². The number of hydrogen-bond donors (Lipinski definition) is 0. The number of aliphatic imine (C=N–C) groups is 1.